The highest BCUT2D eigenvalue weighted by atomic mass is 35.5. The van der Waals surface area contributed by atoms with Crippen LogP contribution in [-0.4, -0.2) is 17.7 Å². The molecule has 0 radical (unpaired) electrons. The molecule has 0 saturated heterocycles. The molecule has 0 N–H and O–H groups in total. The van der Waals surface area contributed by atoms with Crippen molar-refractivity contribution in [1.29, 1.82) is 0 Å². The molecule has 0 aliphatic rings. The van der Waals surface area contributed by atoms with Crippen LogP contribution in [0.1, 0.15) is 18.2 Å². The number of thiophene rings is 1. The first-order valence-corrected chi connectivity index (χ1v) is 6.40. The molecule has 1 rings (SSSR count). The molecule has 7 heteroatoms. The molecule has 0 aromatic carbocycles. The number of nitrogens with zero attached hydrogens (tertiary/aromatic N) is 1. The fourth-order valence-corrected chi connectivity index (χ4v) is 2.36. The number of carbonyl (C=O) groups excluding carboxylic acids is 1. The Balaban J connectivity index is 2.82. The van der Waals surface area contributed by atoms with Gasteiger partial charge in [-0.15, -0.1) is 11.3 Å². The minimum absolute atomic E-state index is 0.0621. The monoisotopic (exact) mass is 293 g/mol. The molecule has 1 heterocycles. The van der Waals surface area contributed by atoms with Crippen LogP contribution >= 0.6 is 35.2 Å². The molecule has 0 spiro atoms. The minimum Gasteiger partial charge on any atom is -0.465 e. The average molecular weight is 294 g/mol. The van der Waals surface area contributed by atoms with Gasteiger partial charge in [0.1, 0.15) is 5.69 Å². The smallest absolute Gasteiger partial charge is 0.311 e. The van der Waals surface area contributed by atoms with Gasteiger partial charge in [0.05, 0.1) is 23.2 Å². The number of hydrogen-bond acceptors (Lipinski definition) is 5. The van der Waals surface area contributed by atoms with Crippen LogP contribution in [0, 0.1) is 5.13 Å². The van der Waals surface area contributed by atoms with E-state index in [0.29, 0.717) is 11.5 Å². The fraction of sp³-hybridized carbons (Fsp3) is 0.400. The van der Waals surface area contributed by atoms with E-state index in [4.69, 9.17) is 16.3 Å². The van der Waals surface area contributed by atoms with Crippen molar-refractivity contribution in [3.63, 3.8) is 0 Å². The number of ether oxygens (including phenoxy) is 1. The Labute approximate surface area is 112 Å². The van der Waals surface area contributed by atoms with Crippen molar-refractivity contribution < 1.29 is 13.9 Å². The number of esters is 1. The lowest BCUT2D eigenvalue weighted by Gasteiger charge is -2.01. The molecular formula is C10H9ClFNO2S2. The van der Waals surface area contributed by atoms with Gasteiger partial charge in [0.15, 0.2) is 0 Å². The Morgan fingerprint density at radius 3 is 3.00 bits per heavy atom. The topological polar surface area (TPSA) is 38.7 Å². The maximum atomic E-state index is 13.4. The summed E-state index contributed by atoms with van der Waals surface area (Å²) in [5.74, 6) is -0.437. The molecule has 0 bridgehead atoms. The van der Waals surface area contributed by atoms with Gasteiger partial charge in [-0.3, -0.25) is 4.79 Å². The lowest BCUT2D eigenvalue weighted by molar-refractivity contribution is -0.142. The van der Waals surface area contributed by atoms with E-state index in [1.807, 2.05) is 12.1 Å². The summed E-state index contributed by atoms with van der Waals surface area (Å²) in [5.41, 5.74) is -0.0649. The molecule has 0 aliphatic carbocycles. The van der Waals surface area contributed by atoms with E-state index >= 15 is 0 Å². The third kappa shape index (κ3) is 3.85. The highest BCUT2D eigenvalue weighted by Crippen LogP contribution is 2.38. The molecule has 0 fully saturated rings. The molecule has 0 amide bonds. The van der Waals surface area contributed by atoms with Crippen LogP contribution < -0.4 is 0 Å². The van der Waals surface area contributed by atoms with Crippen molar-refractivity contribution in [3.05, 3.63) is 15.0 Å². The average Bonchev–Trinajstić information content (AvgIpc) is 2.55. The fourth-order valence-electron chi connectivity index (χ4n) is 1.07. The molecule has 1 aromatic rings. The predicted octanol–water partition coefficient (Wildman–Crippen LogP) is 3.77. The van der Waals surface area contributed by atoms with E-state index in [2.05, 4.69) is 17.2 Å². The normalized spacial score (nSPS) is 9.82. The SMILES string of the molecule is CCCOC(=O)Cc1sc(F)c(N=C=S)c1Cl. The van der Waals surface area contributed by atoms with E-state index in [-0.39, 0.29) is 17.1 Å². The largest absolute Gasteiger partial charge is 0.465 e. The second-order valence-corrected chi connectivity index (χ2v) is 4.68. The summed E-state index contributed by atoms with van der Waals surface area (Å²) in [4.78, 5) is 15.2. The number of hydrogen-bond donors (Lipinski definition) is 0. The molecule has 0 saturated carbocycles. The van der Waals surface area contributed by atoms with Gasteiger partial charge < -0.3 is 4.74 Å². The van der Waals surface area contributed by atoms with Gasteiger partial charge in [-0.05, 0) is 18.6 Å². The van der Waals surface area contributed by atoms with E-state index in [1.54, 1.807) is 0 Å². The zero-order chi connectivity index (χ0) is 12.8. The van der Waals surface area contributed by atoms with Crippen molar-refractivity contribution in [1.82, 2.24) is 0 Å². The Hall–Kier alpha value is -0.810. The van der Waals surface area contributed by atoms with Gasteiger partial charge in [0, 0.05) is 4.88 Å². The van der Waals surface area contributed by atoms with Crippen molar-refractivity contribution >= 4 is 52.0 Å². The zero-order valence-electron chi connectivity index (χ0n) is 8.96. The van der Waals surface area contributed by atoms with Gasteiger partial charge in [0.25, 0.3) is 0 Å². The Morgan fingerprint density at radius 1 is 1.71 bits per heavy atom. The minimum atomic E-state index is -0.578. The summed E-state index contributed by atoms with van der Waals surface area (Å²) >= 11 is 11.0. The van der Waals surface area contributed by atoms with Crippen LogP contribution in [0.3, 0.4) is 0 Å². The zero-order valence-corrected chi connectivity index (χ0v) is 11.3. The Bertz CT molecular complexity index is 469. The van der Waals surface area contributed by atoms with Gasteiger partial charge in [-0.2, -0.15) is 9.38 Å². The molecule has 92 valence electrons. The van der Waals surface area contributed by atoms with Crippen LogP contribution in [0.25, 0.3) is 0 Å². The first-order chi connectivity index (χ1) is 8.10. The van der Waals surface area contributed by atoms with Gasteiger partial charge in [-0.25, -0.2) is 0 Å². The van der Waals surface area contributed by atoms with E-state index < -0.39 is 11.1 Å². The maximum absolute atomic E-state index is 13.4. The predicted molar refractivity (Wildman–Crippen MR) is 68.9 cm³/mol. The van der Waals surface area contributed by atoms with Crippen LogP contribution in [0.4, 0.5) is 10.1 Å². The molecule has 0 atom stereocenters. The number of halogens is 2. The molecular weight excluding hydrogens is 285 g/mol. The second kappa shape index (κ2) is 6.81. The summed E-state index contributed by atoms with van der Waals surface area (Å²) in [6, 6.07) is 0. The number of carbonyl (C=O) groups is 1. The quantitative estimate of drug-likeness (QED) is 0.471. The number of rotatable bonds is 5. The van der Waals surface area contributed by atoms with E-state index in [9.17, 15) is 9.18 Å². The van der Waals surface area contributed by atoms with E-state index in [0.717, 1.165) is 17.8 Å². The summed E-state index contributed by atoms with van der Waals surface area (Å²) in [5, 5.41) is 1.56. The second-order valence-electron chi connectivity index (χ2n) is 3.06. The number of aliphatic imine (C=N–C) groups is 1. The molecule has 1 aromatic heterocycles. The summed E-state index contributed by atoms with van der Waals surface area (Å²) in [6.45, 7) is 2.23. The van der Waals surface area contributed by atoms with Gasteiger partial charge >= 0.3 is 5.97 Å². The van der Waals surface area contributed by atoms with Crippen LogP contribution in [0.2, 0.25) is 5.02 Å². The Kier molecular flexibility index (Phi) is 5.71. The van der Waals surface area contributed by atoms with Crippen LogP contribution in [0.15, 0.2) is 4.99 Å². The lowest BCUT2D eigenvalue weighted by Crippen LogP contribution is -2.07. The van der Waals surface area contributed by atoms with E-state index in [1.165, 1.54) is 0 Å². The Morgan fingerprint density at radius 2 is 2.41 bits per heavy atom. The first-order valence-electron chi connectivity index (χ1n) is 4.80. The number of isothiocyanates is 1. The van der Waals surface area contributed by atoms with Crippen molar-refractivity contribution in [2.24, 2.45) is 4.99 Å². The summed E-state index contributed by atoms with van der Waals surface area (Å²) in [7, 11) is 0. The maximum Gasteiger partial charge on any atom is 0.311 e. The highest BCUT2D eigenvalue weighted by Gasteiger charge is 2.19. The van der Waals surface area contributed by atoms with Crippen molar-refractivity contribution in [3.8, 4) is 0 Å². The highest BCUT2D eigenvalue weighted by molar-refractivity contribution is 7.78. The molecule has 0 unspecified atom stereocenters. The summed E-state index contributed by atoms with van der Waals surface area (Å²) in [6.07, 6.45) is 0.673. The number of thiocarbonyl (C=S) groups is 1. The summed E-state index contributed by atoms with van der Waals surface area (Å²) < 4.78 is 18.2. The first kappa shape index (κ1) is 14.3. The van der Waals surface area contributed by atoms with Crippen LogP contribution in [-0.2, 0) is 16.0 Å². The third-order valence-electron chi connectivity index (χ3n) is 1.78. The third-order valence-corrected chi connectivity index (χ3v) is 3.36. The van der Waals surface area contributed by atoms with Gasteiger partial charge in [-0.1, -0.05) is 18.5 Å². The molecule has 3 nitrogen and oxygen atoms in total. The van der Waals surface area contributed by atoms with Crippen molar-refractivity contribution in [2.75, 3.05) is 6.61 Å². The van der Waals surface area contributed by atoms with Gasteiger partial charge in [0.2, 0.25) is 5.13 Å². The van der Waals surface area contributed by atoms with Crippen molar-refractivity contribution in [2.45, 2.75) is 19.8 Å². The molecule has 17 heavy (non-hydrogen) atoms. The van der Waals surface area contributed by atoms with Crippen LogP contribution in [0.5, 0.6) is 0 Å². The molecule has 0 aliphatic heterocycles. The lowest BCUT2D eigenvalue weighted by atomic mass is 10.3. The standard InChI is InChI=1S/C10H9ClFNO2S2/c1-2-3-15-7(14)4-6-8(11)9(13-5-16)10(12)17-6/h2-4H2,1H3.